The number of methoxy groups -OCH3 is 1. The number of nitrogens with one attached hydrogen (secondary N) is 3. The van der Waals surface area contributed by atoms with Crippen LogP contribution in [-0.2, 0) is 0 Å². The molecule has 0 spiro atoms. The molecule has 1 saturated heterocycles. The van der Waals surface area contributed by atoms with Gasteiger partial charge in [-0.25, -0.2) is 10.9 Å². The standard InChI is InChI=1S/C15H17N3O2/c1-19-14-4-2-3-12(9-14)11-5-7-13(8-6-11)20-15-10-16-18-17-15/h2-9,15-18H,10H2,1H3. The van der Waals surface area contributed by atoms with Crippen molar-refractivity contribution in [1.82, 2.24) is 16.4 Å². The highest BCUT2D eigenvalue weighted by atomic mass is 16.5. The van der Waals surface area contributed by atoms with E-state index in [1.807, 2.05) is 42.5 Å². The summed E-state index contributed by atoms with van der Waals surface area (Å²) in [5.41, 5.74) is 11.0. The molecule has 3 N–H and O–H groups in total. The lowest BCUT2D eigenvalue weighted by atomic mass is 10.1. The molecule has 0 radical (unpaired) electrons. The van der Waals surface area contributed by atoms with Gasteiger partial charge in [0.05, 0.1) is 13.7 Å². The van der Waals surface area contributed by atoms with Crippen molar-refractivity contribution in [2.45, 2.75) is 6.23 Å². The molecule has 1 heterocycles. The predicted octanol–water partition coefficient (Wildman–Crippen LogP) is 1.68. The Balaban J connectivity index is 1.74. The molecule has 3 rings (SSSR count). The van der Waals surface area contributed by atoms with Gasteiger partial charge in [-0.2, -0.15) is 5.53 Å². The van der Waals surface area contributed by atoms with Crippen LogP contribution in [0.25, 0.3) is 11.1 Å². The first-order chi connectivity index (χ1) is 9.85. The molecule has 0 aromatic heterocycles. The van der Waals surface area contributed by atoms with Crippen LogP contribution in [0.5, 0.6) is 11.5 Å². The van der Waals surface area contributed by atoms with Crippen LogP contribution in [0, 0.1) is 0 Å². The molecule has 1 aliphatic heterocycles. The molecule has 1 atom stereocenters. The van der Waals surface area contributed by atoms with Crippen molar-refractivity contribution >= 4 is 0 Å². The molecule has 0 amide bonds. The first kappa shape index (κ1) is 12.9. The van der Waals surface area contributed by atoms with Crippen LogP contribution in [-0.4, -0.2) is 19.9 Å². The van der Waals surface area contributed by atoms with Crippen LogP contribution < -0.4 is 25.9 Å². The molecule has 5 heteroatoms. The van der Waals surface area contributed by atoms with Gasteiger partial charge in [0.2, 0.25) is 0 Å². The molecule has 5 nitrogen and oxygen atoms in total. The number of hydrazine groups is 2. The Labute approximate surface area is 117 Å². The highest BCUT2D eigenvalue weighted by Gasteiger charge is 2.14. The van der Waals surface area contributed by atoms with Crippen LogP contribution in [0.4, 0.5) is 0 Å². The van der Waals surface area contributed by atoms with E-state index in [0.29, 0.717) is 0 Å². The zero-order valence-electron chi connectivity index (χ0n) is 11.2. The summed E-state index contributed by atoms with van der Waals surface area (Å²) in [4.78, 5) is 0. The average molecular weight is 271 g/mol. The fourth-order valence-electron chi connectivity index (χ4n) is 2.09. The fraction of sp³-hybridized carbons (Fsp3) is 0.200. The lowest BCUT2D eigenvalue weighted by Crippen LogP contribution is -2.36. The zero-order chi connectivity index (χ0) is 13.8. The van der Waals surface area contributed by atoms with Crippen LogP contribution in [0.2, 0.25) is 0 Å². The monoisotopic (exact) mass is 271 g/mol. The van der Waals surface area contributed by atoms with Gasteiger partial charge in [0.15, 0.2) is 6.23 Å². The molecule has 1 fully saturated rings. The Kier molecular flexibility index (Phi) is 3.83. The maximum atomic E-state index is 5.75. The number of hydrogen-bond acceptors (Lipinski definition) is 5. The van der Waals surface area contributed by atoms with Crippen molar-refractivity contribution in [1.29, 1.82) is 0 Å². The van der Waals surface area contributed by atoms with Crippen molar-refractivity contribution in [2.75, 3.05) is 13.7 Å². The van der Waals surface area contributed by atoms with E-state index in [2.05, 4.69) is 22.5 Å². The predicted molar refractivity (Wildman–Crippen MR) is 77.1 cm³/mol. The summed E-state index contributed by atoms with van der Waals surface area (Å²) >= 11 is 0. The van der Waals surface area contributed by atoms with E-state index in [1.165, 1.54) is 0 Å². The highest BCUT2D eigenvalue weighted by molar-refractivity contribution is 5.65. The summed E-state index contributed by atoms with van der Waals surface area (Å²) < 4.78 is 11.0. The summed E-state index contributed by atoms with van der Waals surface area (Å²) in [6.45, 7) is 0.720. The van der Waals surface area contributed by atoms with Crippen LogP contribution in [0.3, 0.4) is 0 Å². The SMILES string of the molecule is COc1cccc(-c2ccc(OC3CNNN3)cc2)c1. The van der Waals surface area contributed by atoms with Gasteiger partial charge in [0.1, 0.15) is 11.5 Å². The first-order valence-corrected chi connectivity index (χ1v) is 6.50. The van der Waals surface area contributed by atoms with Crippen molar-refractivity contribution < 1.29 is 9.47 Å². The second-order valence-electron chi connectivity index (χ2n) is 4.51. The van der Waals surface area contributed by atoms with E-state index in [-0.39, 0.29) is 6.23 Å². The van der Waals surface area contributed by atoms with Gasteiger partial charge >= 0.3 is 0 Å². The Morgan fingerprint density at radius 2 is 1.85 bits per heavy atom. The minimum absolute atomic E-state index is 0.0577. The summed E-state index contributed by atoms with van der Waals surface area (Å²) in [7, 11) is 1.67. The van der Waals surface area contributed by atoms with Crippen LogP contribution in [0.1, 0.15) is 0 Å². The Morgan fingerprint density at radius 3 is 2.55 bits per heavy atom. The zero-order valence-corrected chi connectivity index (χ0v) is 11.2. The normalized spacial score (nSPS) is 17.9. The van der Waals surface area contributed by atoms with E-state index in [0.717, 1.165) is 29.2 Å². The van der Waals surface area contributed by atoms with Gasteiger partial charge in [0.25, 0.3) is 0 Å². The van der Waals surface area contributed by atoms with Crippen molar-refractivity contribution in [3.05, 3.63) is 48.5 Å². The molecule has 1 aliphatic rings. The molecule has 0 saturated carbocycles. The van der Waals surface area contributed by atoms with Crippen molar-refractivity contribution in [3.8, 4) is 22.6 Å². The second kappa shape index (κ2) is 5.92. The maximum Gasteiger partial charge on any atom is 0.177 e. The number of rotatable bonds is 4. The Morgan fingerprint density at radius 1 is 1.00 bits per heavy atom. The molecular formula is C15H17N3O2. The van der Waals surface area contributed by atoms with E-state index in [1.54, 1.807) is 7.11 Å². The molecule has 2 aromatic carbocycles. The Bertz CT molecular complexity index is 566. The van der Waals surface area contributed by atoms with Gasteiger partial charge < -0.3 is 9.47 Å². The number of hydrogen-bond donors (Lipinski definition) is 3. The lowest BCUT2D eigenvalue weighted by Gasteiger charge is -2.12. The smallest absolute Gasteiger partial charge is 0.177 e. The largest absolute Gasteiger partial charge is 0.497 e. The summed E-state index contributed by atoms with van der Waals surface area (Å²) in [5.74, 6) is 1.69. The fourth-order valence-corrected chi connectivity index (χ4v) is 2.09. The minimum atomic E-state index is -0.0577. The van der Waals surface area contributed by atoms with Gasteiger partial charge in [-0.05, 0) is 35.4 Å². The highest BCUT2D eigenvalue weighted by Crippen LogP contribution is 2.25. The summed E-state index contributed by atoms with van der Waals surface area (Å²) in [6.07, 6.45) is -0.0577. The third-order valence-electron chi connectivity index (χ3n) is 3.14. The molecular weight excluding hydrogens is 254 g/mol. The summed E-state index contributed by atoms with van der Waals surface area (Å²) in [5, 5.41) is 0. The molecule has 2 aromatic rings. The molecule has 20 heavy (non-hydrogen) atoms. The average Bonchev–Trinajstić information content (AvgIpc) is 3.01. The van der Waals surface area contributed by atoms with Crippen molar-refractivity contribution in [3.63, 3.8) is 0 Å². The first-order valence-electron chi connectivity index (χ1n) is 6.50. The lowest BCUT2D eigenvalue weighted by molar-refractivity contribution is 0.191. The van der Waals surface area contributed by atoms with Gasteiger partial charge in [0, 0.05) is 0 Å². The van der Waals surface area contributed by atoms with E-state index in [9.17, 15) is 0 Å². The Hall–Kier alpha value is -2.08. The minimum Gasteiger partial charge on any atom is -0.497 e. The van der Waals surface area contributed by atoms with Crippen molar-refractivity contribution in [2.24, 2.45) is 0 Å². The molecule has 1 unspecified atom stereocenters. The van der Waals surface area contributed by atoms with E-state index < -0.39 is 0 Å². The topological polar surface area (TPSA) is 54.6 Å². The number of ether oxygens (including phenoxy) is 2. The quantitative estimate of drug-likeness (QED) is 0.790. The number of benzene rings is 2. The van der Waals surface area contributed by atoms with Gasteiger partial charge in [-0.15, -0.1) is 0 Å². The molecule has 104 valence electrons. The van der Waals surface area contributed by atoms with E-state index in [4.69, 9.17) is 9.47 Å². The molecule has 0 aliphatic carbocycles. The van der Waals surface area contributed by atoms with Gasteiger partial charge in [-0.3, -0.25) is 0 Å². The molecule has 0 bridgehead atoms. The third-order valence-corrected chi connectivity index (χ3v) is 3.14. The maximum absolute atomic E-state index is 5.75. The van der Waals surface area contributed by atoms with Crippen LogP contribution >= 0.6 is 0 Å². The second-order valence-corrected chi connectivity index (χ2v) is 4.51. The van der Waals surface area contributed by atoms with Gasteiger partial charge in [-0.1, -0.05) is 24.3 Å². The summed E-state index contributed by atoms with van der Waals surface area (Å²) in [6, 6.07) is 16.0. The van der Waals surface area contributed by atoms with Crippen LogP contribution in [0.15, 0.2) is 48.5 Å². The van der Waals surface area contributed by atoms with E-state index >= 15 is 0 Å². The third kappa shape index (κ3) is 2.91.